The largest absolute Gasteiger partial charge is 0.275 e. The number of likely N-dealkylation sites (N-methyl/N-ethyl adjacent to an activating group) is 1. The second-order valence-electron chi connectivity index (χ2n) is 8.87. The van der Waals surface area contributed by atoms with Gasteiger partial charge < -0.3 is 0 Å². The van der Waals surface area contributed by atoms with Crippen LogP contribution >= 0.6 is 0 Å². The van der Waals surface area contributed by atoms with Crippen LogP contribution in [0.5, 0.6) is 0 Å². The van der Waals surface area contributed by atoms with Gasteiger partial charge in [0, 0.05) is 46.3 Å². The van der Waals surface area contributed by atoms with Gasteiger partial charge in [-0.15, -0.1) is 0 Å². The lowest BCUT2D eigenvalue weighted by Crippen LogP contribution is -2.41. The molecule has 0 radical (unpaired) electrons. The van der Waals surface area contributed by atoms with Crippen molar-refractivity contribution >= 4 is 67.6 Å². The molecular formula is C29H22N2O4. The van der Waals surface area contributed by atoms with E-state index >= 15 is 0 Å². The van der Waals surface area contributed by atoms with E-state index in [9.17, 15) is 19.2 Å². The van der Waals surface area contributed by atoms with Crippen LogP contribution in [0.3, 0.4) is 0 Å². The van der Waals surface area contributed by atoms with Crippen molar-refractivity contribution in [2.45, 2.75) is 20.8 Å². The Morgan fingerprint density at radius 1 is 0.657 bits per heavy atom. The number of rotatable bonds is 2. The Hall–Kier alpha value is -4.32. The van der Waals surface area contributed by atoms with Crippen LogP contribution in [0.2, 0.25) is 0 Å². The lowest BCUT2D eigenvalue weighted by molar-refractivity contribution is -0.122. The van der Waals surface area contributed by atoms with Crippen LogP contribution in [0.25, 0.3) is 44.0 Å². The lowest BCUT2D eigenvalue weighted by atomic mass is 9.82. The van der Waals surface area contributed by atoms with E-state index in [4.69, 9.17) is 0 Å². The molecule has 6 heteroatoms. The number of amides is 4. The highest BCUT2D eigenvalue weighted by Crippen LogP contribution is 2.41. The summed E-state index contributed by atoms with van der Waals surface area (Å²) in [5.74, 6) is -1.31. The van der Waals surface area contributed by atoms with Gasteiger partial charge in [0.05, 0.1) is 0 Å². The molecule has 6 nitrogen and oxygen atoms in total. The number of carbonyl (C=O) groups excluding carboxylic acids is 4. The first-order chi connectivity index (χ1) is 16.8. The molecule has 0 spiro atoms. The van der Waals surface area contributed by atoms with E-state index in [0.29, 0.717) is 34.2 Å². The van der Waals surface area contributed by atoms with Crippen LogP contribution in [0.4, 0.5) is 0 Å². The second kappa shape index (κ2) is 7.09. The lowest BCUT2D eigenvalue weighted by Gasteiger charge is -2.29. The average molecular weight is 463 g/mol. The van der Waals surface area contributed by atoms with Crippen LogP contribution in [-0.4, -0.2) is 46.5 Å². The number of imide groups is 2. The van der Waals surface area contributed by atoms with Gasteiger partial charge in [0.1, 0.15) is 0 Å². The van der Waals surface area contributed by atoms with Crippen molar-refractivity contribution in [2.75, 3.05) is 13.1 Å². The van der Waals surface area contributed by atoms with Gasteiger partial charge in [-0.1, -0.05) is 30.9 Å². The average Bonchev–Trinajstić information content (AvgIpc) is 2.87. The summed E-state index contributed by atoms with van der Waals surface area (Å²) in [5, 5.41) is 5.69. The normalized spacial score (nSPS) is 16.4. The number of fused-ring (bicyclic) bond motifs is 4. The summed E-state index contributed by atoms with van der Waals surface area (Å²) >= 11 is 0. The third kappa shape index (κ3) is 2.43. The maximum absolute atomic E-state index is 13.2. The summed E-state index contributed by atoms with van der Waals surface area (Å²) in [7, 11) is 0. The van der Waals surface area contributed by atoms with E-state index in [1.165, 1.54) is 9.80 Å². The molecule has 0 saturated heterocycles. The summed E-state index contributed by atoms with van der Waals surface area (Å²) < 4.78 is 0. The smallest absolute Gasteiger partial charge is 0.261 e. The zero-order valence-corrected chi connectivity index (χ0v) is 19.7. The van der Waals surface area contributed by atoms with E-state index in [1.807, 2.05) is 31.2 Å². The molecule has 0 unspecified atom stereocenters. The summed E-state index contributed by atoms with van der Waals surface area (Å²) in [6.07, 6.45) is 1.95. The summed E-state index contributed by atoms with van der Waals surface area (Å²) in [4.78, 5) is 54.9. The number of benzene rings is 4. The SMILES string of the molecule is C=C1C(=O)N(CC)C(=O)c2ccc3c(c21)/c(=C\C)c1ccc2c4c(ccc3c41)C(=O)N(CC)C2=O. The van der Waals surface area contributed by atoms with Crippen molar-refractivity contribution in [2.24, 2.45) is 0 Å². The molecule has 4 aromatic carbocycles. The highest BCUT2D eigenvalue weighted by atomic mass is 16.2. The number of hydrogen-bond donors (Lipinski definition) is 0. The first-order valence-corrected chi connectivity index (χ1v) is 11.7. The highest BCUT2D eigenvalue weighted by Gasteiger charge is 2.36. The van der Waals surface area contributed by atoms with Crippen molar-refractivity contribution in [3.63, 3.8) is 0 Å². The molecule has 0 aromatic heterocycles. The summed E-state index contributed by atoms with van der Waals surface area (Å²) in [5.41, 5.74) is 2.31. The molecule has 6 rings (SSSR count). The van der Waals surface area contributed by atoms with Crippen molar-refractivity contribution in [3.05, 3.63) is 70.4 Å². The van der Waals surface area contributed by atoms with Crippen molar-refractivity contribution in [1.29, 1.82) is 0 Å². The van der Waals surface area contributed by atoms with Gasteiger partial charge in [0.25, 0.3) is 23.6 Å². The minimum atomic E-state index is -0.388. The van der Waals surface area contributed by atoms with E-state index in [2.05, 4.69) is 6.58 Å². The first kappa shape index (κ1) is 21.2. The zero-order valence-electron chi connectivity index (χ0n) is 19.7. The Morgan fingerprint density at radius 2 is 1.14 bits per heavy atom. The third-order valence-electron chi connectivity index (χ3n) is 7.37. The Labute approximate surface area is 201 Å². The predicted molar refractivity (Wildman–Crippen MR) is 136 cm³/mol. The summed E-state index contributed by atoms with van der Waals surface area (Å²) in [6.45, 7) is 10.1. The van der Waals surface area contributed by atoms with E-state index in [0.717, 1.165) is 32.1 Å². The molecule has 0 fully saturated rings. The molecule has 2 aliphatic rings. The standard InChI is InChI=1S/C29H22N2O4/c1-5-15-16-8-12-20-25-21(29(35)31(7-3)28(20)34)13-10-18(24(16)25)17-9-11-19-22(23(15)17)14(4)26(32)30(6-2)27(19)33/h5,8-13H,4,6-7H2,1-3H3/b15-5-. The molecule has 4 amide bonds. The molecule has 4 aromatic rings. The van der Waals surface area contributed by atoms with Gasteiger partial charge in [0.2, 0.25) is 0 Å². The van der Waals surface area contributed by atoms with Crippen LogP contribution in [-0.2, 0) is 4.79 Å². The molecule has 172 valence electrons. The topological polar surface area (TPSA) is 74.8 Å². The van der Waals surface area contributed by atoms with Gasteiger partial charge in [-0.05, 0) is 71.1 Å². The number of nitrogens with zero attached hydrogens (tertiary/aromatic N) is 2. The molecule has 0 bridgehead atoms. The van der Waals surface area contributed by atoms with Crippen molar-refractivity contribution in [1.82, 2.24) is 9.80 Å². The fraction of sp³-hybridized carbons (Fsp3) is 0.172. The zero-order chi connectivity index (χ0) is 24.8. The van der Waals surface area contributed by atoms with E-state index < -0.39 is 0 Å². The monoisotopic (exact) mass is 462 g/mol. The summed E-state index contributed by atoms with van der Waals surface area (Å²) in [6, 6.07) is 11.0. The third-order valence-corrected chi connectivity index (χ3v) is 7.37. The van der Waals surface area contributed by atoms with Gasteiger partial charge in [-0.2, -0.15) is 0 Å². The Morgan fingerprint density at radius 3 is 1.71 bits per heavy atom. The fourth-order valence-electron chi connectivity index (χ4n) is 5.80. The molecule has 35 heavy (non-hydrogen) atoms. The Bertz CT molecular complexity index is 1760. The highest BCUT2D eigenvalue weighted by molar-refractivity contribution is 6.37. The maximum atomic E-state index is 13.2. The van der Waals surface area contributed by atoms with Crippen LogP contribution < -0.4 is 5.22 Å². The van der Waals surface area contributed by atoms with Crippen LogP contribution in [0.15, 0.2) is 43.0 Å². The molecule has 2 aliphatic heterocycles. The van der Waals surface area contributed by atoms with Gasteiger partial charge in [-0.25, -0.2) is 0 Å². The molecular weight excluding hydrogens is 440 g/mol. The van der Waals surface area contributed by atoms with E-state index in [-0.39, 0.29) is 35.7 Å². The maximum Gasteiger partial charge on any atom is 0.261 e. The van der Waals surface area contributed by atoms with Crippen molar-refractivity contribution in [3.8, 4) is 0 Å². The van der Waals surface area contributed by atoms with Gasteiger partial charge >= 0.3 is 0 Å². The molecule has 0 saturated carbocycles. The fourth-order valence-corrected chi connectivity index (χ4v) is 5.80. The molecule has 0 N–H and O–H groups in total. The number of hydrogen-bond acceptors (Lipinski definition) is 4. The minimum absolute atomic E-state index is 0.272. The minimum Gasteiger partial charge on any atom is -0.275 e. The van der Waals surface area contributed by atoms with Crippen LogP contribution in [0, 0.1) is 0 Å². The van der Waals surface area contributed by atoms with E-state index in [1.54, 1.807) is 32.0 Å². The molecule has 0 atom stereocenters. The quantitative estimate of drug-likeness (QED) is 0.193. The van der Waals surface area contributed by atoms with Crippen molar-refractivity contribution < 1.29 is 19.2 Å². The Balaban J connectivity index is 1.84. The van der Waals surface area contributed by atoms with Gasteiger partial charge in [0.15, 0.2) is 0 Å². The van der Waals surface area contributed by atoms with Gasteiger partial charge in [-0.3, -0.25) is 29.0 Å². The Kier molecular flexibility index (Phi) is 4.30. The molecule has 2 heterocycles. The molecule has 0 aliphatic carbocycles. The first-order valence-electron chi connectivity index (χ1n) is 11.7. The predicted octanol–water partition coefficient (Wildman–Crippen LogP) is 4.30. The number of carbonyl (C=O) groups is 4. The second-order valence-corrected chi connectivity index (χ2v) is 8.87. The van der Waals surface area contributed by atoms with Crippen LogP contribution in [0.1, 0.15) is 57.4 Å².